The van der Waals surface area contributed by atoms with Crippen LogP contribution in [-0.4, -0.2) is 49.1 Å². The lowest BCUT2D eigenvalue weighted by Crippen LogP contribution is -2.35. The molecule has 0 radical (unpaired) electrons. The van der Waals surface area contributed by atoms with E-state index in [1.807, 2.05) is 6.92 Å². The number of aromatic nitrogens is 2. The van der Waals surface area contributed by atoms with Gasteiger partial charge in [0.15, 0.2) is 0 Å². The number of amides is 1. The number of piperidine rings is 1. The van der Waals surface area contributed by atoms with Crippen molar-refractivity contribution in [1.29, 1.82) is 0 Å². The minimum atomic E-state index is -3.83. The van der Waals surface area contributed by atoms with E-state index in [0.717, 1.165) is 19.3 Å². The van der Waals surface area contributed by atoms with Crippen LogP contribution in [0.2, 0.25) is 0 Å². The lowest BCUT2D eigenvalue weighted by molar-refractivity contribution is 0.0684. The fourth-order valence-electron chi connectivity index (χ4n) is 3.48. The van der Waals surface area contributed by atoms with E-state index in [1.165, 1.54) is 17.4 Å². The maximum absolute atomic E-state index is 12.9. The van der Waals surface area contributed by atoms with Gasteiger partial charge in [0.25, 0.3) is 15.9 Å². The summed E-state index contributed by atoms with van der Waals surface area (Å²) in [5.74, 6) is 0.420. The Morgan fingerprint density at radius 1 is 1.19 bits per heavy atom. The van der Waals surface area contributed by atoms with Crippen LogP contribution in [0.3, 0.4) is 0 Å². The Morgan fingerprint density at radius 2 is 1.91 bits per heavy atom. The van der Waals surface area contributed by atoms with Crippen molar-refractivity contribution in [2.45, 2.75) is 38.0 Å². The number of likely N-dealkylation sites (tertiary alicyclic amines) is 1. The first-order valence-corrected chi connectivity index (χ1v) is 12.7. The molecule has 4 rings (SSSR count). The van der Waals surface area contributed by atoms with Crippen LogP contribution in [0.1, 0.15) is 41.7 Å². The molecule has 1 aliphatic heterocycles. The molecule has 1 aliphatic rings. The number of thiophene rings is 1. The maximum atomic E-state index is 12.9. The van der Waals surface area contributed by atoms with Crippen molar-refractivity contribution in [2.75, 3.05) is 24.4 Å². The number of ether oxygens (including phenoxy) is 1. The summed E-state index contributed by atoms with van der Waals surface area (Å²) in [5, 5.41) is 7.85. The molecule has 1 aromatic carbocycles. The number of aryl methyl sites for hydroxylation is 1. The first kappa shape index (κ1) is 22.3. The molecule has 0 spiro atoms. The number of hydrogen-bond donors (Lipinski definition) is 1. The van der Waals surface area contributed by atoms with Crippen LogP contribution in [0.5, 0.6) is 5.75 Å². The van der Waals surface area contributed by atoms with Gasteiger partial charge >= 0.3 is 11.8 Å². The van der Waals surface area contributed by atoms with Crippen molar-refractivity contribution in [2.24, 2.45) is 0 Å². The molecule has 3 aromatic rings. The van der Waals surface area contributed by atoms with Crippen LogP contribution in [0, 0.1) is 6.92 Å². The van der Waals surface area contributed by atoms with E-state index in [0.29, 0.717) is 40.9 Å². The number of nitrogens with zero attached hydrogens (tertiary/aromatic N) is 3. The van der Waals surface area contributed by atoms with E-state index in [4.69, 9.17) is 9.15 Å². The van der Waals surface area contributed by atoms with Crippen LogP contribution in [0.4, 0.5) is 5.69 Å². The van der Waals surface area contributed by atoms with E-state index in [-0.39, 0.29) is 22.6 Å². The molecule has 0 atom stereocenters. The Bertz CT molecular complexity index is 1200. The highest BCUT2D eigenvalue weighted by Gasteiger charge is 2.26. The van der Waals surface area contributed by atoms with Crippen LogP contribution in [0.15, 0.2) is 39.6 Å². The van der Waals surface area contributed by atoms with E-state index < -0.39 is 10.0 Å². The third-order valence-electron chi connectivity index (χ3n) is 5.04. The Balaban J connectivity index is 1.52. The summed E-state index contributed by atoms with van der Waals surface area (Å²) >= 11 is 1.21. The van der Waals surface area contributed by atoms with Crippen molar-refractivity contribution in [3.05, 3.63) is 41.1 Å². The zero-order valence-corrected chi connectivity index (χ0v) is 19.5. The summed E-state index contributed by atoms with van der Waals surface area (Å²) < 4.78 is 39.4. The molecule has 1 N–H and O–H groups in total. The molecule has 3 heterocycles. The largest absolute Gasteiger partial charge is 0.494 e. The average Bonchev–Trinajstić information content (AvgIpc) is 3.42. The quantitative estimate of drug-likeness (QED) is 0.549. The molecule has 9 nitrogen and oxygen atoms in total. The third kappa shape index (κ3) is 4.78. The summed E-state index contributed by atoms with van der Waals surface area (Å²) in [6.45, 7) is 5.46. The molecule has 170 valence electrons. The summed E-state index contributed by atoms with van der Waals surface area (Å²) in [4.78, 5) is 15.4. The summed E-state index contributed by atoms with van der Waals surface area (Å²) in [6, 6.07) is 8.17. The highest BCUT2D eigenvalue weighted by atomic mass is 32.2. The zero-order chi connectivity index (χ0) is 22.7. The molecule has 32 heavy (non-hydrogen) atoms. The Kier molecular flexibility index (Phi) is 6.47. The fraction of sp³-hybridized carbons (Fsp3) is 0.381. The van der Waals surface area contributed by atoms with Crippen molar-refractivity contribution in [3.63, 3.8) is 0 Å². The fourth-order valence-corrected chi connectivity index (χ4v) is 6.05. The van der Waals surface area contributed by atoms with Crippen LogP contribution in [0.25, 0.3) is 10.8 Å². The second-order valence-electron chi connectivity index (χ2n) is 7.36. The first-order valence-electron chi connectivity index (χ1n) is 10.4. The number of rotatable bonds is 7. The molecular formula is C21H24N4O5S2. The summed E-state index contributed by atoms with van der Waals surface area (Å²) in [6.07, 6.45) is 3.02. The van der Waals surface area contributed by atoms with Gasteiger partial charge in [-0.3, -0.25) is 9.52 Å². The highest BCUT2D eigenvalue weighted by Crippen LogP contribution is 2.34. The molecule has 0 unspecified atom stereocenters. The number of nitrogens with one attached hydrogen (secondary N) is 1. The minimum absolute atomic E-state index is 0.0788. The highest BCUT2D eigenvalue weighted by molar-refractivity contribution is 7.93. The Hall–Kier alpha value is -2.92. The standard InChI is InChI=1S/C21H24N4O5S2/c1-3-29-16-9-7-15(8-10-16)24-32(27,28)18-13-17(31-14(18)2)19-22-23-20(30-19)21(26)25-11-5-4-6-12-25/h7-10,13,24H,3-6,11-12H2,1-2H3. The lowest BCUT2D eigenvalue weighted by Gasteiger charge is -2.24. The van der Waals surface area contributed by atoms with Crippen LogP contribution < -0.4 is 9.46 Å². The summed E-state index contributed by atoms with van der Waals surface area (Å²) in [7, 11) is -3.83. The average molecular weight is 477 g/mol. The zero-order valence-electron chi connectivity index (χ0n) is 17.8. The smallest absolute Gasteiger partial charge is 0.311 e. The Labute approximate surface area is 190 Å². The number of carbonyl (C=O) groups is 1. The van der Waals surface area contributed by atoms with E-state index in [2.05, 4.69) is 14.9 Å². The molecule has 0 bridgehead atoms. The first-order chi connectivity index (χ1) is 15.4. The van der Waals surface area contributed by atoms with Crippen molar-refractivity contribution >= 4 is 33.0 Å². The molecule has 1 saturated heterocycles. The van der Waals surface area contributed by atoms with Gasteiger partial charge in [0.05, 0.1) is 11.5 Å². The molecular weight excluding hydrogens is 452 g/mol. The molecule has 0 saturated carbocycles. The second-order valence-corrected chi connectivity index (χ2v) is 10.3. The van der Waals surface area contributed by atoms with Gasteiger partial charge in [-0.2, -0.15) is 0 Å². The van der Waals surface area contributed by atoms with Crippen molar-refractivity contribution < 1.29 is 22.4 Å². The molecule has 2 aromatic heterocycles. The van der Waals surface area contributed by atoms with E-state index in [9.17, 15) is 13.2 Å². The predicted octanol–water partition coefficient (Wildman–Crippen LogP) is 3.93. The van der Waals surface area contributed by atoms with E-state index in [1.54, 1.807) is 36.1 Å². The second kappa shape index (κ2) is 9.29. The van der Waals surface area contributed by atoms with Gasteiger partial charge in [-0.1, -0.05) is 0 Å². The van der Waals surface area contributed by atoms with Gasteiger partial charge in [-0.05, 0) is 63.4 Å². The number of sulfonamides is 1. The van der Waals surface area contributed by atoms with Crippen LogP contribution in [-0.2, 0) is 10.0 Å². The number of anilines is 1. The van der Waals surface area contributed by atoms with Gasteiger partial charge in [0.1, 0.15) is 10.6 Å². The predicted molar refractivity (Wildman–Crippen MR) is 121 cm³/mol. The van der Waals surface area contributed by atoms with Gasteiger partial charge in [-0.25, -0.2) is 8.42 Å². The van der Waals surface area contributed by atoms with Crippen molar-refractivity contribution in [3.8, 4) is 16.5 Å². The molecule has 11 heteroatoms. The SMILES string of the molecule is CCOc1ccc(NS(=O)(=O)c2cc(-c3nnc(C(=O)N4CCCCC4)o3)sc2C)cc1. The van der Waals surface area contributed by atoms with Gasteiger partial charge < -0.3 is 14.1 Å². The topological polar surface area (TPSA) is 115 Å². The van der Waals surface area contributed by atoms with Crippen molar-refractivity contribution in [1.82, 2.24) is 15.1 Å². The van der Waals surface area contributed by atoms with Crippen LogP contribution >= 0.6 is 11.3 Å². The maximum Gasteiger partial charge on any atom is 0.311 e. The Morgan fingerprint density at radius 3 is 2.59 bits per heavy atom. The molecule has 0 aliphatic carbocycles. The monoisotopic (exact) mass is 476 g/mol. The minimum Gasteiger partial charge on any atom is -0.494 e. The number of hydrogen-bond acceptors (Lipinski definition) is 8. The number of benzene rings is 1. The van der Waals surface area contributed by atoms with Gasteiger partial charge in [-0.15, -0.1) is 21.5 Å². The molecule has 1 amide bonds. The van der Waals surface area contributed by atoms with Gasteiger partial charge in [0, 0.05) is 23.7 Å². The lowest BCUT2D eigenvalue weighted by atomic mass is 10.1. The van der Waals surface area contributed by atoms with E-state index >= 15 is 0 Å². The third-order valence-corrected chi connectivity index (χ3v) is 7.72. The number of carbonyl (C=O) groups excluding carboxylic acids is 1. The normalized spacial score (nSPS) is 14.4. The van der Waals surface area contributed by atoms with Gasteiger partial charge in [0.2, 0.25) is 0 Å². The molecule has 1 fully saturated rings. The summed E-state index contributed by atoms with van der Waals surface area (Å²) in [5.41, 5.74) is 0.424.